The summed E-state index contributed by atoms with van der Waals surface area (Å²) in [6.07, 6.45) is 2.05. The lowest BCUT2D eigenvalue weighted by Gasteiger charge is -2.27. The van der Waals surface area contributed by atoms with Gasteiger partial charge in [-0.2, -0.15) is 0 Å². The van der Waals surface area contributed by atoms with Crippen molar-refractivity contribution in [2.24, 2.45) is 0 Å². The third kappa shape index (κ3) is 3.03. The Labute approximate surface area is 125 Å². The zero-order valence-corrected chi connectivity index (χ0v) is 12.6. The Morgan fingerprint density at radius 3 is 2.43 bits per heavy atom. The Bertz CT molecular complexity index is 607. The monoisotopic (exact) mass is 283 g/mol. The van der Waals surface area contributed by atoms with E-state index in [2.05, 4.69) is 29.6 Å². The summed E-state index contributed by atoms with van der Waals surface area (Å²) < 4.78 is 10.5. The number of hydrogen-bond acceptors (Lipinski definition) is 3. The van der Waals surface area contributed by atoms with Crippen LogP contribution in [0.25, 0.3) is 0 Å². The largest absolute Gasteiger partial charge is 0.497 e. The zero-order valence-electron chi connectivity index (χ0n) is 12.6. The van der Waals surface area contributed by atoms with E-state index in [4.69, 9.17) is 9.47 Å². The van der Waals surface area contributed by atoms with E-state index in [1.165, 1.54) is 16.7 Å². The van der Waals surface area contributed by atoms with Crippen molar-refractivity contribution >= 4 is 0 Å². The van der Waals surface area contributed by atoms with Crippen LogP contribution in [-0.2, 0) is 12.8 Å². The van der Waals surface area contributed by atoms with Crippen LogP contribution in [0, 0.1) is 0 Å². The summed E-state index contributed by atoms with van der Waals surface area (Å²) >= 11 is 0. The fourth-order valence-corrected chi connectivity index (χ4v) is 2.94. The van der Waals surface area contributed by atoms with Crippen molar-refractivity contribution in [3.63, 3.8) is 0 Å². The molecule has 0 radical (unpaired) electrons. The molecule has 0 aromatic heterocycles. The highest BCUT2D eigenvalue weighted by molar-refractivity contribution is 5.40. The van der Waals surface area contributed by atoms with Gasteiger partial charge < -0.3 is 14.8 Å². The van der Waals surface area contributed by atoms with Crippen LogP contribution in [-0.4, -0.2) is 20.8 Å². The average Bonchev–Trinajstić information content (AvgIpc) is 2.55. The Morgan fingerprint density at radius 2 is 1.71 bits per heavy atom. The van der Waals surface area contributed by atoms with E-state index in [1.807, 2.05) is 18.2 Å². The van der Waals surface area contributed by atoms with Crippen LogP contribution in [0.15, 0.2) is 42.5 Å². The number of hydrogen-bond donors (Lipinski definition) is 1. The summed E-state index contributed by atoms with van der Waals surface area (Å²) in [5.41, 5.74) is 4.10. The summed E-state index contributed by atoms with van der Waals surface area (Å²) in [5, 5.41) is 3.62. The molecule has 0 bridgehead atoms. The van der Waals surface area contributed by atoms with Gasteiger partial charge in [-0.1, -0.05) is 18.2 Å². The van der Waals surface area contributed by atoms with Gasteiger partial charge in [-0.3, -0.25) is 0 Å². The third-order valence-corrected chi connectivity index (χ3v) is 4.11. The number of methoxy groups -OCH3 is 2. The predicted octanol–water partition coefficient (Wildman–Crippen LogP) is 3.13. The van der Waals surface area contributed by atoms with E-state index in [-0.39, 0.29) is 0 Å². The molecule has 0 saturated heterocycles. The van der Waals surface area contributed by atoms with Crippen molar-refractivity contribution in [2.45, 2.75) is 18.9 Å². The number of ether oxygens (including phenoxy) is 2. The standard InChI is InChI=1S/C18H21NO2/c1-20-15-5-3-13(4-6-15)11-18-17-8-7-16(21-2)12-14(17)9-10-19-18/h3-8,12,18-19H,9-11H2,1-2H3. The van der Waals surface area contributed by atoms with Crippen molar-refractivity contribution in [1.82, 2.24) is 5.32 Å². The molecule has 3 rings (SSSR count). The molecule has 0 amide bonds. The summed E-state index contributed by atoms with van der Waals surface area (Å²) in [5.74, 6) is 1.85. The van der Waals surface area contributed by atoms with E-state index in [0.29, 0.717) is 6.04 Å². The minimum atomic E-state index is 0.369. The second-order valence-corrected chi connectivity index (χ2v) is 5.37. The molecule has 1 aliphatic heterocycles. The second kappa shape index (κ2) is 6.19. The topological polar surface area (TPSA) is 30.5 Å². The van der Waals surface area contributed by atoms with Gasteiger partial charge in [-0.05, 0) is 60.3 Å². The molecule has 110 valence electrons. The molecule has 1 N–H and O–H groups in total. The molecule has 0 fully saturated rings. The Hall–Kier alpha value is -2.00. The smallest absolute Gasteiger partial charge is 0.119 e. The summed E-state index contributed by atoms with van der Waals surface area (Å²) in [7, 11) is 3.42. The Balaban J connectivity index is 1.81. The molecule has 0 saturated carbocycles. The lowest BCUT2D eigenvalue weighted by Crippen LogP contribution is -2.31. The molecule has 1 atom stereocenters. The molecule has 1 aliphatic rings. The number of rotatable bonds is 4. The molecule has 1 unspecified atom stereocenters. The van der Waals surface area contributed by atoms with Gasteiger partial charge in [0, 0.05) is 6.04 Å². The molecule has 2 aromatic carbocycles. The van der Waals surface area contributed by atoms with Gasteiger partial charge in [0.25, 0.3) is 0 Å². The van der Waals surface area contributed by atoms with Crippen molar-refractivity contribution in [2.75, 3.05) is 20.8 Å². The van der Waals surface area contributed by atoms with Crippen LogP contribution in [0.2, 0.25) is 0 Å². The zero-order chi connectivity index (χ0) is 14.7. The van der Waals surface area contributed by atoms with Crippen LogP contribution in [0.5, 0.6) is 11.5 Å². The summed E-state index contributed by atoms with van der Waals surface area (Å²) in [6.45, 7) is 1.01. The molecule has 0 aliphatic carbocycles. The number of benzene rings is 2. The van der Waals surface area contributed by atoms with E-state index < -0.39 is 0 Å². The van der Waals surface area contributed by atoms with E-state index >= 15 is 0 Å². The minimum Gasteiger partial charge on any atom is -0.497 e. The van der Waals surface area contributed by atoms with Gasteiger partial charge in [0.2, 0.25) is 0 Å². The van der Waals surface area contributed by atoms with Crippen LogP contribution < -0.4 is 14.8 Å². The molecule has 2 aromatic rings. The molecular formula is C18H21NO2. The van der Waals surface area contributed by atoms with Crippen molar-refractivity contribution in [3.05, 3.63) is 59.2 Å². The maximum atomic E-state index is 5.33. The average molecular weight is 283 g/mol. The van der Waals surface area contributed by atoms with Gasteiger partial charge >= 0.3 is 0 Å². The predicted molar refractivity (Wildman–Crippen MR) is 84.1 cm³/mol. The maximum Gasteiger partial charge on any atom is 0.119 e. The second-order valence-electron chi connectivity index (χ2n) is 5.37. The highest BCUT2D eigenvalue weighted by Gasteiger charge is 2.20. The first-order valence-corrected chi connectivity index (χ1v) is 7.33. The highest BCUT2D eigenvalue weighted by Crippen LogP contribution is 2.29. The number of fused-ring (bicyclic) bond motifs is 1. The van der Waals surface area contributed by atoms with E-state index in [9.17, 15) is 0 Å². The van der Waals surface area contributed by atoms with Crippen molar-refractivity contribution in [1.29, 1.82) is 0 Å². The van der Waals surface area contributed by atoms with Crippen molar-refractivity contribution < 1.29 is 9.47 Å². The molecule has 0 spiro atoms. The Morgan fingerprint density at radius 1 is 1.00 bits per heavy atom. The van der Waals surface area contributed by atoms with Gasteiger partial charge in [0.15, 0.2) is 0 Å². The fourth-order valence-electron chi connectivity index (χ4n) is 2.94. The van der Waals surface area contributed by atoms with Crippen LogP contribution in [0.3, 0.4) is 0 Å². The summed E-state index contributed by atoms with van der Waals surface area (Å²) in [4.78, 5) is 0. The highest BCUT2D eigenvalue weighted by atomic mass is 16.5. The third-order valence-electron chi connectivity index (χ3n) is 4.11. The fraction of sp³-hybridized carbons (Fsp3) is 0.333. The lowest BCUT2D eigenvalue weighted by atomic mass is 9.90. The van der Waals surface area contributed by atoms with Crippen molar-refractivity contribution in [3.8, 4) is 11.5 Å². The quantitative estimate of drug-likeness (QED) is 0.935. The number of nitrogens with one attached hydrogen (secondary N) is 1. The van der Waals surface area contributed by atoms with Gasteiger partial charge in [0.05, 0.1) is 14.2 Å². The summed E-state index contributed by atoms with van der Waals surface area (Å²) in [6, 6.07) is 15.1. The van der Waals surface area contributed by atoms with Gasteiger partial charge in [-0.25, -0.2) is 0 Å². The first-order chi connectivity index (χ1) is 10.3. The van der Waals surface area contributed by atoms with E-state index in [0.717, 1.165) is 30.9 Å². The molecule has 3 nitrogen and oxygen atoms in total. The van der Waals surface area contributed by atoms with Crippen LogP contribution in [0.4, 0.5) is 0 Å². The van der Waals surface area contributed by atoms with E-state index in [1.54, 1.807) is 14.2 Å². The molecular weight excluding hydrogens is 262 g/mol. The van der Waals surface area contributed by atoms with Gasteiger partial charge in [0.1, 0.15) is 11.5 Å². The SMILES string of the molecule is COc1ccc(CC2NCCc3cc(OC)ccc32)cc1. The Kier molecular flexibility index (Phi) is 4.11. The lowest BCUT2D eigenvalue weighted by molar-refractivity contribution is 0.412. The molecule has 21 heavy (non-hydrogen) atoms. The first-order valence-electron chi connectivity index (χ1n) is 7.33. The van der Waals surface area contributed by atoms with Crippen LogP contribution >= 0.6 is 0 Å². The molecule has 1 heterocycles. The normalized spacial score (nSPS) is 17.1. The maximum absolute atomic E-state index is 5.33. The van der Waals surface area contributed by atoms with Gasteiger partial charge in [-0.15, -0.1) is 0 Å². The molecule has 3 heteroatoms. The first kappa shape index (κ1) is 14.0. The van der Waals surface area contributed by atoms with Crippen LogP contribution in [0.1, 0.15) is 22.7 Å². The minimum absolute atomic E-state index is 0.369.